The molecule has 0 radical (unpaired) electrons. The second-order valence-electron chi connectivity index (χ2n) is 4.65. The minimum Gasteiger partial charge on any atom is -0.366 e. The molecule has 0 saturated carbocycles. The van der Waals surface area contributed by atoms with Crippen LogP contribution in [0.25, 0.3) is 0 Å². The third kappa shape index (κ3) is 1.78. The van der Waals surface area contributed by atoms with Crippen molar-refractivity contribution in [3.63, 3.8) is 0 Å². The average molecular weight is 247 g/mol. The summed E-state index contributed by atoms with van der Waals surface area (Å²) in [7, 11) is 0. The zero-order valence-electron chi connectivity index (χ0n) is 10.2. The number of hydrogen-bond acceptors (Lipinski definition) is 4. The highest BCUT2D eigenvalue weighted by atomic mass is 16.2. The lowest BCUT2D eigenvalue weighted by molar-refractivity contribution is 0.197. The first-order valence-electron chi connectivity index (χ1n) is 6.23. The molecule has 1 unspecified atom stereocenters. The Morgan fingerprint density at radius 3 is 3.22 bits per heavy atom. The fraction of sp³-hybridized carbons (Fsp3) is 0.500. The molecule has 0 aromatic carbocycles. The van der Waals surface area contributed by atoms with Crippen LogP contribution >= 0.6 is 0 Å². The van der Waals surface area contributed by atoms with E-state index in [2.05, 4.69) is 21.3 Å². The average Bonchev–Trinajstić information content (AvgIpc) is 2.80. The maximum absolute atomic E-state index is 11.5. The van der Waals surface area contributed by atoms with Gasteiger partial charge >= 0.3 is 6.03 Å². The molecule has 3 rings (SSSR count). The second kappa shape index (κ2) is 4.45. The first-order valence-corrected chi connectivity index (χ1v) is 6.23. The van der Waals surface area contributed by atoms with Crippen LogP contribution < -0.4 is 16.0 Å². The van der Waals surface area contributed by atoms with Crippen LogP contribution in [0.15, 0.2) is 18.3 Å². The fourth-order valence-corrected chi connectivity index (χ4v) is 2.70. The van der Waals surface area contributed by atoms with Crippen LogP contribution in [0, 0.1) is 0 Å². The van der Waals surface area contributed by atoms with Crippen molar-refractivity contribution in [2.75, 3.05) is 31.1 Å². The van der Waals surface area contributed by atoms with Gasteiger partial charge in [-0.1, -0.05) is 0 Å². The molecule has 96 valence electrons. The number of amides is 2. The van der Waals surface area contributed by atoms with Crippen molar-refractivity contribution in [1.82, 2.24) is 15.2 Å². The van der Waals surface area contributed by atoms with Gasteiger partial charge in [-0.25, -0.2) is 4.79 Å². The minimum absolute atomic E-state index is 0.0601. The number of fused-ring (bicyclic) bond motifs is 1. The maximum Gasteiger partial charge on any atom is 0.317 e. The van der Waals surface area contributed by atoms with Gasteiger partial charge in [-0.2, -0.15) is 0 Å². The summed E-state index contributed by atoms with van der Waals surface area (Å²) in [4.78, 5) is 20.0. The summed E-state index contributed by atoms with van der Waals surface area (Å²) in [6, 6.07) is 4.30. The molecule has 6 heteroatoms. The molecule has 0 spiro atoms. The highest BCUT2D eigenvalue weighted by Gasteiger charge is 2.35. The van der Waals surface area contributed by atoms with Crippen LogP contribution in [0.4, 0.5) is 10.5 Å². The Morgan fingerprint density at radius 2 is 2.39 bits per heavy atom. The molecule has 2 aliphatic rings. The molecule has 3 heterocycles. The third-order valence-corrected chi connectivity index (χ3v) is 3.63. The molecule has 0 aliphatic carbocycles. The van der Waals surface area contributed by atoms with Crippen LogP contribution in [0.1, 0.15) is 5.69 Å². The number of piperazine rings is 1. The number of nitrogens with two attached hydrogens (primary N) is 1. The normalized spacial score (nSPS) is 22.9. The topological polar surface area (TPSA) is 74.5 Å². The van der Waals surface area contributed by atoms with E-state index >= 15 is 0 Å². The van der Waals surface area contributed by atoms with E-state index < -0.39 is 0 Å². The molecule has 18 heavy (non-hydrogen) atoms. The van der Waals surface area contributed by atoms with Crippen molar-refractivity contribution in [2.24, 2.45) is 5.73 Å². The Balaban J connectivity index is 1.80. The lowest BCUT2D eigenvalue weighted by Gasteiger charge is -2.38. The number of pyridine rings is 1. The standard InChI is InChI=1S/C12H17N5O/c13-6-10-11(2-1-3-14-10)16-4-5-17-9(8-16)7-15-12(17)18/h1-3,9H,4-8,13H2,(H,15,18). The Hall–Kier alpha value is -1.82. The molecule has 1 atom stereocenters. The van der Waals surface area contributed by atoms with Crippen molar-refractivity contribution < 1.29 is 4.79 Å². The quantitative estimate of drug-likeness (QED) is 0.756. The summed E-state index contributed by atoms with van der Waals surface area (Å²) < 4.78 is 0. The second-order valence-corrected chi connectivity index (χ2v) is 4.65. The summed E-state index contributed by atoms with van der Waals surface area (Å²) in [6.07, 6.45) is 1.77. The Labute approximate surface area is 106 Å². The maximum atomic E-state index is 11.5. The summed E-state index contributed by atoms with van der Waals surface area (Å²) in [6.45, 7) is 3.61. The first kappa shape index (κ1) is 11.3. The number of nitrogens with one attached hydrogen (secondary N) is 1. The van der Waals surface area contributed by atoms with Crippen LogP contribution in [-0.2, 0) is 6.54 Å². The number of nitrogens with zero attached hydrogens (tertiary/aromatic N) is 3. The number of rotatable bonds is 2. The van der Waals surface area contributed by atoms with Crippen molar-refractivity contribution in [3.8, 4) is 0 Å². The smallest absolute Gasteiger partial charge is 0.317 e. The molecule has 2 aliphatic heterocycles. The molecular weight excluding hydrogens is 230 g/mol. The molecule has 0 bridgehead atoms. The number of hydrogen-bond donors (Lipinski definition) is 2. The molecule has 2 fully saturated rings. The predicted molar refractivity (Wildman–Crippen MR) is 68.2 cm³/mol. The van der Waals surface area contributed by atoms with E-state index in [1.54, 1.807) is 6.20 Å². The van der Waals surface area contributed by atoms with Gasteiger partial charge in [0.2, 0.25) is 0 Å². The number of carbonyl (C=O) groups is 1. The van der Waals surface area contributed by atoms with Gasteiger partial charge in [0.05, 0.1) is 17.4 Å². The van der Waals surface area contributed by atoms with Gasteiger partial charge in [-0.05, 0) is 12.1 Å². The van der Waals surface area contributed by atoms with E-state index in [9.17, 15) is 4.79 Å². The molecule has 6 nitrogen and oxygen atoms in total. The van der Waals surface area contributed by atoms with E-state index in [4.69, 9.17) is 5.73 Å². The number of urea groups is 1. The van der Waals surface area contributed by atoms with E-state index in [0.29, 0.717) is 6.54 Å². The Bertz CT molecular complexity index is 464. The van der Waals surface area contributed by atoms with Gasteiger partial charge < -0.3 is 20.9 Å². The zero-order valence-corrected chi connectivity index (χ0v) is 10.2. The van der Waals surface area contributed by atoms with E-state index in [1.165, 1.54) is 0 Å². The zero-order chi connectivity index (χ0) is 12.5. The molecule has 3 N–H and O–H groups in total. The monoisotopic (exact) mass is 247 g/mol. The van der Waals surface area contributed by atoms with Gasteiger partial charge in [-0.3, -0.25) is 4.98 Å². The predicted octanol–water partition coefficient (Wildman–Crippen LogP) is -0.246. The van der Waals surface area contributed by atoms with Gasteiger partial charge in [0.15, 0.2) is 0 Å². The SMILES string of the molecule is NCc1ncccc1N1CCN2C(=O)NCC2C1. The van der Waals surface area contributed by atoms with Gasteiger partial charge in [0.25, 0.3) is 0 Å². The molecule has 2 amide bonds. The van der Waals surface area contributed by atoms with Crippen molar-refractivity contribution >= 4 is 11.7 Å². The van der Waals surface area contributed by atoms with Gasteiger partial charge in [-0.15, -0.1) is 0 Å². The largest absolute Gasteiger partial charge is 0.366 e. The van der Waals surface area contributed by atoms with Crippen molar-refractivity contribution in [3.05, 3.63) is 24.0 Å². The fourth-order valence-electron chi connectivity index (χ4n) is 2.70. The van der Waals surface area contributed by atoms with Gasteiger partial charge in [0.1, 0.15) is 0 Å². The molecule has 1 aromatic heterocycles. The highest BCUT2D eigenvalue weighted by Crippen LogP contribution is 2.23. The Kier molecular flexibility index (Phi) is 2.79. The Morgan fingerprint density at radius 1 is 1.50 bits per heavy atom. The molecule has 1 aromatic rings. The van der Waals surface area contributed by atoms with E-state index in [-0.39, 0.29) is 12.1 Å². The number of anilines is 1. The first-order chi connectivity index (χ1) is 8.79. The summed E-state index contributed by atoms with van der Waals surface area (Å²) in [5.74, 6) is 0. The van der Waals surface area contributed by atoms with E-state index in [0.717, 1.165) is 37.6 Å². The van der Waals surface area contributed by atoms with Crippen LogP contribution in [0.5, 0.6) is 0 Å². The number of aromatic nitrogens is 1. The molecule has 2 saturated heterocycles. The molecular formula is C12H17N5O. The van der Waals surface area contributed by atoms with Crippen LogP contribution in [0.3, 0.4) is 0 Å². The van der Waals surface area contributed by atoms with Crippen LogP contribution in [-0.4, -0.2) is 48.1 Å². The highest BCUT2D eigenvalue weighted by molar-refractivity contribution is 5.77. The van der Waals surface area contributed by atoms with Crippen molar-refractivity contribution in [1.29, 1.82) is 0 Å². The van der Waals surface area contributed by atoms with Crippen molar-refractivity contribution in [2.45, 2.75) is 12.6 Å². The lowest BCUT2D eigenvalue weighted by atomic mass is 10.1. The minimum atomic E-state index is 0.0601. The summed E-state index contributed by atoms with van der Waals surface area (Å²) >= 11 is 0. The van der Waals surface area contributed by atoms with E-state index in [1.807, 2.05) is 11.0 Å². The number of carbonyl (C=O) groups excluding carboxylic acids is 1. The summed E-state index contributed by atoms with van der Waals surface area (Å²) in [5, 5.41) is 2.88. The lowest BCUT2D eigenvalue weighted by Crippen LogP contribution is -2.52. The summed E-state index contributed by atoms with van der Waals surface area (Å²) in [5.41, 5.74) is 7.74. The van der Waals surface area contributed by atoms with Gasteiger partial charge in [0, 0.05) is 38.9 Å². The third-order valence-electron chi connectivity index (χ3n) is 3.63. The van der Waals surface area contributed by atoms with Crippen LogP contribution in [0.2, 0.25) is 0 Å².